The van der Waals surface area contributed by atoms with E-state index in [-0.39, 0.29) is 11.1 Å². The number of aliphatic hydroxyl groups excluding tert-OH is 1. The maximum atomic E-state index is 12.0. The number of hydrogen-bond acceptors (Lipinski definition) is 3. The van der Waals surface area contributed by atoms with Gasteiger partial charge in [-0.25, -0.2) is 0 Å². The van der Waals surface area contributed by atoms with Crippen LogP contribution in [0.4, 0.5) is 5.69 Å². The average Bonchev–Trinajstić information content (AvgIpc) is 2.41. The van der Waals surface area contributed by atoms with E-state index in [4.69, 9.17) is 23.2 Å². The van der Waals surface area contributed by atoms with E-state index in [1.807, 2.05) is 0 Å². The Labute approximate surface area is 130 Å². The van der Waals surface area contributed by atoms with Gasteiger partial charge in [0, 0.05) is 29.4 Å². The fourth-order valence-electron chi connectivity index (χ4n) is 1.76. The van der Waals surface area contributed by atoms with Gasteiger partial charge in [-0.15, -0.1) is 0 Å². The Morgan fingerprint density at radius 2 is 1.86 bits per heavy atom. The summed E-state index contributed by atoms with van der Waals surface area (Å²) >= 11 is 11.7. The van der Waals surface area contributed by atoms with Crippen molar-refractivity contribution in [1.82, 2.24) is 4.57 Å². The van der Waals surface area contributed by atoms with Crippen LogP contribution in [-0.4, -0.2) is 15.6 Å². The standard InChI is InChI=1S/C14H12Cl2N2O3/c1-18-7-11(2-3-12(18)19)17-14(21)13(20)8-4-9(15)6-10(16)5-8/h2-7,13,20H,1H3,(H,17,21). The van der Waals surface area contributed by atoms with Gasteiger partial charge < -0.3 is 15.0 Å². The maximum Gasteiger partial charge on any atom is 0.257 e. The Bertz CT molecular complexity index is 723. The van der Waals surface area contributed by atoms with Crippen molar-refractivity contribution < 1.29 is 9.90 Å². The van der Waals surface area contributed by atoms with Gasteiger partial charge in [0.1, 0.15) is 0 Å². The summed E-state index contributed by atoms with van der Waals surface area (Å²) in [6, 6.07) is 7.19. The average molecular weight is 327 g/mol. The van der Waals surface area contributed by atoms with Crippen LogP contribution in [-0.2, 0) is 11.8 Å². The van der Waals surface area contributed by atoms with Crippen LogP contribution in [0.1, 0.15) is 11.7 Å². The van der Waals surface area contributed by atoms with Crippen molar-refractivity contribution in [3.63, 3.8) is 0 Å². The summed E-state index contributed by atoms with van der Waals surface area (Å²) in [7, 11) is 1.56. The molecule has 0 bridgehead atoms. The van der Waals surface area contributed by atoms with Gasteiger partial charge in [0.25, 0.3) is 5.91 Å². The lowest BCUT2D eigenvalue weighted by molar-refractivity contribution is -0.124. The summed E-state index contributed by atoms with van der Waals surface area (Å²) in [5, 5.41) is 13.2. The molecule has 0 spiro atoms. The lowest BCUT2D eigenvalue weighted by Gasteiger charge is -2.13. The van der Waals surface area contributed by atoms with Crippen molar-refractivity contribution in [2.45, 2.75) is 6.10 Å². The number of nitrogens with one attached hydrogen (secondary N) is 1. The topological polar surface area (TPSA) is 71.3 Å². The van der Waals surface area contributed by atoms with Gasteiger partial charge in [0.2, 0.25) is 5.56 Å². The number of carbonyl (C=O) groups excluding carboxylic acids is 1. The maximum absolute atomic E-state index is 12.0. The van der Waals surface area contributed by atoms with E-state index in [0.717, 1.165) is 0 Å². The Kier molecular flexibility index (Phi) is 4.67. The first-order valence-corrected chi connectivity index (χ1v) is 6.74. The first-order chi connectivity index (χ1) is 9.86. The summed E-state index contributed by atoms with van der Waals surface area (Å²) in [4.78, 5) is 23.3. The molecule has 0 fully saturated rings. The summed E-state index contributed by atoms with van der Waals surface area (Å²) in [5.74, 6) is -0.646. The fourth-order valence-corrected chi connectivity index (χ4v) is 2.31. The first kappa shape index (κ1) is 15.6. The van der Waals surface area contributed by atoms with E-state index in [0.29, 0.717) is 15.7 Å². The molecule has 1 unspecified atom stereocenters. The molecule has 110 valence electrons. The molecule has 2 N–H and O–H groups in total. The van der Waals surface area contributed by atoms with Crippen LogP contribution in [0.3, 0.4) is 0 Å². The normalized spacial score (nSPS) is 12.0. The molecular formula is C14H12Cl2N2O3. The van der Waals surface area contributed by atoms with Crippen LogP contribution in [0.25, 0.3) is 0 Å². The number of aryl methyl sites for hydroxylation is 1. The number of halogens is 2. The highest BCUT2D eigenvalue weighted by atomic mass is 35.5. The second kappa shape index (κ2) is 6.30. The highest BCUT2D eigenvalue weighted by molar-refractivity contribution is 6.34. The van der Waals surface area contributed by atoms with Crippen molar-refractivity contribution in [3.8, 4) is 0 Å². The molecular weight excluding hydrogens is 315 g/mol. The molecule has 0 radical (unpaired) electrons. The number of anilines is 1. The minimum absolute atomic E-state index is 0.199. The summed E-state index contributed by atoms with van der Waals surface area (Å²) in [6.07, 6.45) is 0.0381. The molecule has 2 aromatic rings. The van der Waals surface area contributed by atoms with E-state index in [1.54, 1.807) is 7.05 Å². The summed E-state index contributed by atoms with van der Waals surface area (Å²) in [5.41, 5.74) is 0.485. The molecule has 1 heterocycles. The van der Waals surface area contributed by atoms with Crippen LogP contribution in [0.15, 0.2) is 41.3 Å². The number of nitrogens with zero attached hydrogens (tertiary/aromatic N) is 1. The number of benzene rings is 1. The summed E-state index contributed by atoms with van der Waals surface area (Å²) < 4.78 is 1.32. The van der Waals surface area contributed by atoms with Crippen LogP contribution in [0, 0.1) is 0 Å². The van der Waals surface area contributed by atoms with Crippen molar-refractivity contribution in [1.29, 1.82) is 0 Å². The van der Waals surface area contributed by atoms with Gasteiger partial charge in [-0.05, 0) is 29.8 Å². The van der Waals surface area contributed by atoms with Gasteiger partial charge in [-0.1, -0.05) is 23.2 Å². The second-order valence-electron chi connectivity index (χ2n) is 4.46. The number of aliphatic hydroxyl groups is 1. The van der Waals surface area contributed by atoms with Crippen molar-refractivity contribution in [3.05, 3.63) is 62.5 Å². The van der Waals surface area contributed by atoms with E-state index < -0.39 is 12.0 Å². The molecule has 0 saturated carbocycles. The number of rotatable bonds is 3. The predicted molar refractivity (Wildman–Crippen MR) is 81.7 cm³/mol. The third-order valence-corrected chi connectivity index (χ3v) is 3.24. The van der Waals surface area contributed by atoms with E-state index >= 15 is 0 Å². The molecule has 1 atom stereocenters. The molecule has 21 heavy (non-hydrogen) atoms. The van der Waals surface area contributed by atoms with Gasteiger partial charge in [0.05, 0.1) is 5.69 Å². The zero-order valence-electron chi connectivity index (χ0n) is 11.0. The molecule has 1 aromatic carbocycles. The smallest absolute Gasteiger partial charge is 0.257 e. The Hall–Kier alpha value is -1.82. The van der Waals surface area contributed by atoms with Gasteiger partial charge >= 0.3 is 0 Å². The predicted octanol–water partition coefficient (Wildman–Crippen LogP) is 2.36. The minimum atomic E-state index is -1.42. The van der Waals surface area contributed by atoms with Crippen molar-refractivity contribution in [2.24, 2.45) is 7.05 Å². The lowest BCUT2D eigenvalue weighted by Crippen LogP contribution is -2.22. The first-order valence-electron chi connectivity index (χ1n) is 5.98. The SMILES string of the molecule is Cn1cc(NC(=O)C(O)c2cc(Cl)cc(Cl)c2)ccc1=O. The molecule has 0 aliphatic carbocycles. The lowest BCUT2D eigenvalue weighted by atomic mass is 10.1. The van der Waals surface area contributed by atoms with Crippen LogP contribution in [0.5, 0.6) is 0 Å². The molecule has 2 rings (SSSR count). The Morgan fingerprint density at radius 3 is 2.43 bits per heavy atom. The van der Waals surface area contributed by atoms with Crippen LogP contribution < -0.4 is 10.9 Å². The van der Waals surface area contributed by atoms with E-state index in [1.165, 1.54) is 41.1 Å². The van der Waals surface area contributed by atoms with E-state index in [9.17, 15) is 14.7 Å². The zero-order valence-corrected chi connectivity index (χ0v) is 12.5. The number of pyridine rings is 1. The molecule has 1 aromatic heterocycles. The Balaban J connectivity index is 2.19. The van der Waals surface area contributed by atoms with Crippen molar-refractivity contribution >= 4 is 34.8 Å². The van der Waals surface area contributed by atoms with Gasteiger partial charge in [-0.3, -0.25) is 9.59 Å². The van der Waals surface area contributed by atoms with Crippen LogP contribution in [0.2, 0.25) is 10.0 Å². The van der Waals surface area contributed by atoms with Crippen LogP contribution >= 0.6 is 23.2 Å². The largest absolute Gasteiger partial charge is 0.378 e. The van der Waals surface area contributed by atoms with Gasteiger partial charge in [0.15, 0.2) is 6.10 Å². The third kappa shape index (κ3) is 3.85. The minimum Gasteiger partial charge on any atom is -0.378 e. The number of amides is 1. The second-order valence-corrected chi connectivity index (χ2v) is 5.33. The monoisotopic (exact) mass is 326 g/mol. The fraction of sp³-hybridized carbons (Fsp3) is 0.143. The molecule has 1 amide bonds. The van der Waals surface area contributed by atoms with Crippen molar-refractivity contribution in [2.75, 3.05) is 5.32 Å². The molecule has 0 saturated heterocycles. The number of aromatic nitrogens is 1. The highest BCUT2D eigenvalue weighted by Crippen LogP contribution is 2.24. The summed E-state index contributed by atoms with van der Waals surface area (Å²) in [6.45, 7) is 0. The quantitative estimate of drug-likeness (QED) is 0.909. The molecule has 0 aliphatic rings. The molecule has 5 nitrogen and oxygen atoms in total. The Morgan fingerprint density at radius 1 is 1.24 bits per heavy atom. The number of carbonyl (C=O) groups is 1. The highest BCUT2D eigenvalue weighted by Gasteiger charge is 2.18. The van der Waals surface area contributed by atoms with E-state index in [2.05, 4.69) is 5.32 Å². The zero-order chi connectivity index (χ0) is 15.6. The molecule has 7 heteroatoms. The molecule has 0 aliphatic heterocycles. The number of hydrogen-bond donors (Lipinski definition) is 2. The van der Waals surface area contributed by atoms with Gasteiger partial charge in [-0.2, -0.15) is 0 Å². The third-order valence-electron chi connectivity index (χ3n) is 2.80.